The van der Waals surface area contributed by atoms with Gasteiger partial charge in [0.25, 0.3) is 5.91 Å². The molecule has 5 heteroatoms. The molecule has 0 aliphatic rings. The first kappa shape index (κ1) is 17.4. The number of aromatic nitrogens is 1. The predicted octanol–water partition coefficient (Wildman–Crippen LogP) is 4.18. The molecular formula is C21H18N2O3. The zero-order valence-corrected chi connectivity index (χ0v) is 14.3. The van der Waals surface area contributed by atoms with Gasteiger partial charge in [0, 0.05) is 11.8 Å². The molecule has 0 unspecified atom stereocenters. The van der Waals surface area contributed by atoms with Crippen LogP contribution in [0, 0.1) is 0 Å². The van der Waals surface area contributed by atoms with E-state index in [9.17, 15) is 9.59 Å². The van der Waals surface area contributed by atoms with E-state index in [1.807, 2.05) is 42.5 Å². The van der Waals surface area contributed by atoms with E-state index in [0.29, 0.717) is 16.9 Å². The minimum Gasteiger partial charge on any atom is -0.462 e. The highest BCUT2D eigenvalue weighted by atomic mass is 16.5. The maximum atomic E-state index is 12.4. The van der Waals surface area contributed by atoms with Crippen LogP contribution < -0.4 is 5.32 Å². The molecule has 2 aromatic carbocycles. The zero-order valence-electron chi connectivity index (χ0n) is 14.3. The first-order chi connectivity index (χ1) is 12.7. The number of rotatable bonds is 5. The lowest BCUT2D eigenvalue weighted by atomic mass is 10.0. The van der Waals surface area contributed by atoms with Gasteiger partial charge in [-0.25, -0.2) is 9.78 Å². The number of esters is 1. The normalized spacial score (nSPS) is 10.2. The van der Waals surface area contributed by atoms with Crippen molar-refractivity contribution >= 4 is 17.7 Å². The second-order valence-electron chi connectivity index (χ2n) is 5.55. The van der Waals surface area contributed by atoms with Crippen molar-refractivity contribution in [3.63, 3.8) is 0 Å². The Morgan fingerprint density at radius 2 is 1.62 bits per heavy atom. The van der Waals surface area contributed by atoms with Crippen molar-refractivity contribution in [2.75, 3.05) is 11.9 Å². The molecule has 26 heavy (non-hydrogen) atoms. The third-order valence-corrected chi connectivity index (χ3v) is 3.77. The summed E-state index contributed by atoms with van der Waals surface area (Å²) in [7, 11) is 0. The van der Waals surface area contributed by atoms with E-state index in [-0.39, 0.29) is 12.5 Å². The zero-order chi connectivity index (χ0) is 18.4. The van der Waals surface area contributed by atoms with E-state index < -0.39 is 5.97 Å². The smallest absolute Gasteiger partial charge is 0.338 e. The Morgan fingerprint density at radius 3 is 2.31 bits per heavy atom. The summed E-state index contributed by atoms with van der Waals surface area (Å²) in [6, 6.07) is 20.3. The second-order valence-corrected chi connectivity index (χ2v) is 5.55. The van der Waals surface area contributed by atoms with E-state index in [0.717, 1.165) is 11.1 Å². The number of pyridine rings is 1. The molecule has 0 aliphatic carbocycles. The Bertz CT molecular complexity index is 906. The van der Waals surface area contributed by atoms with E-state index >= 15 is 0 Å². The molecule has 0 aliphatic heterocycles. The summed E-state index contributed by atoms with van der Waals surface area (Å²) in [5.41, 5.74) is 2.97. The second kappa shape index (κ2) is 8.07. The topological polar surface area (TPSA) is 68.3 Å². The maximum absolute atomic E-state index is 12.4. The third kappa shape index (κ3) is 4.13. The number of benzene rings is 2. The highest BCUT2D eigenvalue weighted by molar-refractivity contribution is 6.04. The Hall–Kier alpha value is -3.47. The molecule has 0 saturated heterocycles. The van der Waals surface area contributed by atoms with E-state index in [2.05, 4.69) is 10.3 Å². The van der Waals surface area contributed by atoms with Gasteiger partial charge in [-0.3, -0.25) is 4.79 Å². The molecule has 0 spiro atoms. The molecule has 0 fully saturated rings. The Labute approximate surface area is 151 Å². The molecule has 3 aromatic rings. The summed E-state index contributed by atoms with van der Waals surface area (Å²) in [4.78, 5) is 28.2. The van der Waals surface area contributed by atoms with Gasteiger partial charge in [0.05, 0.1) is 12.2 Å². The lowest BCUT2D eigenvalue weighted by molar-refractivity contribution is 0.0526. The SMILES string of the molecule is CCOC(=O)c1ccnc(NC(=O)c2ccc(-c3ccccc3)cc2)c1. The average molecular weight is 346 g/mol. The third-order valence-electron chi connectivity index (χ3n) is 3.77. The van der Waals surface area contributed by atoms with Crippen LogP contribution in [-0.2, 0) is 4.74 Å². The van der Waals surface area contributed by atoms with Crippen LogP contribution in [0.25, 0.3) is 11.1 Å². The summed E-state index contributed by atoms with van der Waals surface area (Å²) in [5.74, 6) is -0.441. The molecule has 130 valence electrons. The minimum atomic E-state index is -0.447. The van der Waals surface area contributed by atoms with Crippen LogP contribution in [0.4, 0.5) is 5.82 Å². The molecule has 0 radical (unpaired) electrons. The van der Waals surface area contributed by atoms with Gasteiger partial charge in [0.2, 0.25) is 0 Å². The molecule has 0 saturated carbocycles. The van der Waals surface area contributed by atoms with E-state index in [4.69, 9.17) is 4.74 Å². The monoisotopic (exact) mass is 346 g/mol. The van der Waals surface area contributed by atoms with Gasteiger partial charge in [0.15, 0.2) is 0 Å². The van der Waals surface area contributed by atoms with Gasteiger partial charge in [-0.15, -0.1) is 0 Å². The summed E-state index contributed by atoms with van der Waals surface area (Å²) >= 11 is 0. The van der Waals surface area contributed by atoms with Crippen molar-refractivity contribution in [1.29, 1.82) is 0 Å². The van der Waals surface area contributed by atoms with Gasteiger partial charge in [-0.1, -0.05) is 42.5 Å². The van der Waals surface area contributed by atoms with Crippen molar-refractivity contribution in [3.8, 4) is 11.1 Å². The lowest BCUT2D eigenvalue weighted by Gasteiger charge is -2.07. The molecule has 0 atom stereocenters. The fourth-order valence-corrected chi connectivity index (χ4v) is 2.47. The summed E-state index contributed by atoms with van der Waals surface area (Å²) in [5, 5.41) is 2.70. The highest BCUT2D eigenvalue weighted by Gasteiger charge is 2.11. The first-order valence-corrected chi connectivity index (χ1v) is 8.27. The standard InChI is InChI=1S/C21H18N2O3/c1-2-26-21(25)18-12-13-22-19(14-18)23-20(24)17-10-8-16(9-11-17)15-6-4-3-5-7-15/h3-14H,2H2,1H3,(H,22,23,24). The van der Waals surface area contributed by atoms with Crippen LogP contribution in [0.5, 0.6) is 0 Å². The average Bonchev–Trinajstić information content (AvgIpc) is 2.69. The number of anilines is 1. The van der Waals surface area contributed by atoms with Gasteiger partial charge < -0.3 is 10.1 Å². The Balaban J connectivity index is 1.72. The molecule has 0 bridgehead atoms. The van der Waals surface area contributed by atoms with Crippen molar-refractivity contribution in [2.24, 2.45) is 0 Å². The number of ether oxygens (including phenoxy) is 1. The largest absolute Gasteiger partial charge is 0.462 e. The van der Waals surface area contributed by atoms with E-state index in [1.54, 1.807) is 25.1 Å². The van der Waals surface area contributed by atoms with Gasteiger partial charge in [-0.2, -0.15) is 0 Å². The maximum Gasteiger partial charge on any atom is 0.338 e. The predicted molar refractivity (Wildman–Crippen MR) is 100 cm³/mol. The number of nitrogens with one attached hydrogen (secondary N) is 1. The van der Waals surface area contributed by atoms with Gasteiger partial charge >= 0.3 is 5.97 Å². The van der Waals surface area contributed by atoms with Crippen LogP contribution in [0.2, 0.25) is 0 Å². The molecule has 1 N–H and O–H groups in total. The fraction of sp³-hybridized carbons (Fsp3) is 0.0952. The summed E-state index contributed by atoms with van der Waals surface area (Å²) < 4.78 is 4.95. The van der Waals surface area contributed by atoms with Gasteiger partial charge in [-0.05, 0) is 42.3 Å². The Kier molecular flexibility index (Phi) is 5.39. The van der Waals surface area contributed by atoms with Crippen LogP contribution in [0.3, 0.4) is 0 Å². The number of hydrogen-bond donors (Lipinski definition) is 1. The lowest BCUT2D eigenvalue weighted by Crippen LogP contribution is -2.14. The molecular weight excluding hydrogens is 328 g/mol. The van der Waals surface area contributed by atoms with Crippen LogP contribution in [0.1, 0.15) is 27.6 Å². The number of amides is 1. The molecule has 3 rings (SSSR count). The number of carbonyl (C=O) groups excluding carboxylic acids is 2. The van der Waals surface area contributed by atoms with Crippen LogP contribution in [0.15, 0.2) is 72.9 Å². The number of hydrogen-bond acceptors (Lipinski definition) is 4. The fourth-order valence-electron chi connectivity index (χ4n) is 2.47. The van der Waals surface area contributed by atoms with Crippen LogP contribution in [-0.4, -0.2) is 23.5 Å². The van der Waals surface area contributed by atoms with Crippen LogP contribution >= 0.6 is 0 Å². The van der Waals surface area contributed by atoms with Crippen molar-refractivity contribution in [3.05, 3.63) is 84.1 Å². The summed E-state index contributed by atoms with van der Waals surface area (Å²) in [6.45, 7) is 2.03. The number of nitrogens with zero attached hydrogens (tertiary/aromatic N) is 1. The summed E-state index contributed by atoms with van der Waals surface area (Å²) in [6.07, 6.45) is 1.46. The molecule has 1 amide bonds. The number of carbonyl (C=O) groups is 2. The van der Waals surface area contributed by atoms with Gasteiger partial charge in [0.1, 0.15) is 5.82 Å². The quantitative estimate of drug-likeness (QED) is 0.704. The Morgan fingerprint density at radius 1 is 0.923 bits per heavy atom. The van der Waals surface area contributed by atoms with Crippen molar-refractivity contribution in [2.45, 2.75) is 6.92 Å². The molecule has 5 nitrogen and oxygen atoms in total. The van der Waals surface area contributed by atoms with E-state index in [1.165, 1.54) is 12.3 Å². The van der Waals surface area contributed by atoms with Crippen molar-refractivity contribution < 1.29 is 14.3 Å². The highest BCUT2D eigenvalue weighted by Crippen LogP contribution is 2.19. The molecule has 1 aromatic heterocycles. The van der Waals surface area contributed by atoms with Crippen molar-refractivity contribution in [1.82, 2.24) is 4.98 Å². The minimum absolute atomic E-state index is 0.288. The first-order valence-electron chi connectivity index (χ1n) is 8.27. The molecule has 1 heterocycles.